The van der Waals surface area contributed by atoms with Gasteiger partial charge >= 0.3 is 0 Å². The van der Waals surface area contributed by atoms with Crippen LogP contribution < -0.4 is 10.3 Å². The molecule has 0 aliphatic carbocycles. The van der Waals surface area contributed by atoms with E-state index in [0.29, 0.717) is 17.4 Å². The monoisotopic (exact) mass is 235 g/mol. The van der Waals surface area contributed by atoms with E-state index in [1.165, 1.54) is 6.07 Å². The quantitative estimate of drug-likeness (QED) is 0.889. The van der Waals surface area contributed by atoms with E-state index < -0.39 is 0 Å². The highest BCUT2D eigenvalue weighted by Gasteiger charge is 2.00. The van der Waals surface area contributed by atoms with E-state index >= 15 is 0 Å². The molecule has 1 heterocycles. The van der Waals surface area contributed by atoms with Crippen molar-refractivity contribution in [3.8, 4) is 5.75 Å². The Labute approximate surface area is 97.7 Å². The van der Waals surface area contributed by atoms with Gasteiger partial charge in [-0.2, -0.15) is 0 Å². The largest absolute Gasteiger partial charge is 0.489 e. The lowest BCUT2D eigenvalue weighted by Crippen LogP contribution is -2.04. The summed E-state index contributed by atoms with van der Waals surface area (Å²) >= 11 is 5.97. The predicted molar refractivity (Wildman–Crippen MR) is 62.8 cm³/mol. The highest BCUT2D eigenvalue weighted by atomic mass is 35.5. The van der Waals surface area contributed by atoms with E-state index in [1.807, 2.05) is 18.2 Å². The Morgan fingerprint density at radius 1 is 1.25 bits per heavy atom. The summed E-state index contributed by atoms with van der Waals surface area (Å²) in [5, 5.41) is 0.660. The van der Waals surface area contributed by atoms with Gasteiger partial charge in [-0.3, -0.25) is 4.79 Å². The molecule has 1 aromatic carbocycles. The zero-order valence-corrected chi connectivity index (χ0v) is 9.20. The zero-order chi connectivity index (χ0) is 11.4. The molecule has 0 amide bonds. The van der Waals surface area contributed by atoms with Gasteiger partial charge in [0.2, 0.25) is 0 Å². The highest BCUT2D eigenvalue weighted by molar-refractivity contribution is 6.31. The predicted octanol–water partition coefficient (Wildman–Crippen LogP) is 2.61. The van der Waals surface area contributed by atoms with Gasteiger partial charge in [0.05, 0.1) is 0 Å². The van der Waals surface area contributed by atoms with Gasteiger partial charge in [0.25, 0.3) is 5.56 Å². The van der Waals surface area contributed by atoms with Crippen LogP contribution in [0.1, 0.15) is 5.56 Å². The first-order chi connectivity index (χ1) is 7.75. The molecule has 0 unspecified atom stereocenters. The number of aromatic amines is 1. The van der Waals surface area contributed by atoms with Crippen LogP contribution in [0, 0.1) is 0 Å². The maximum atomic E-state index is 11.0. The van der Waals surface area contributed by atoms with Crippen molar-refractivity contribution in [1.82, 2.24) is 4.98 Å². The summed E-state index contributed by atoms with van der Waals surface area (Å²) in [5.74, 6) is 0.531. The second-order valence-electron chi connectivity index (χ2n) is 3.27. The summed E-state index contributed by atoms with van der Waals surface area (Å²) in [7, 11) is 0. The van der Waals surface area contributed by atoms with Crippen LogP contribution in [0.25, 0.3) is 0 Å². The molecule has 1 N–H and O–H groups in total. The topological polar surface area (TPSA) is 42.1 Å². The molecular formula is C12H10ClNO2. The normalized spacial score (nSPS) is 10.1. The van der Waals surface area contributed by atoms with Crippen molar-refractivity contribution in [3.05, 3.63) is 63.5 Å². The van der Waals surface area contributed by atoms with Gasteiger partial charge in [-0.1, -0.05) is 29.8 Å². The Morgan fingerprint density at radius 2 is 2.06 bits per heavy atom. The van der Waals surface area contributed by atoms with Crippen LogP contribution in [0.2, 0.25) is 5.02 Å². The Balaban J connectivity index is 2.08. The first kappa shape index (κ1) is 10.8. The number of pyridine rings is 1. The van der Waals surface area contributed by atoms with Gasteiger partial charge in [-0.15, -0.1) is 0 Å². The van der Waals surface area contributed by atoms with Crippen molar-refractivity contribution in [1.29, 1.82) is 0 Å². The summed E-state index contributed by atoms with van der Waals surface area (Å²) in [6.07, 6.45) is 1.55. The van der Waals surface area contributed by atoms with Gasteiger partial charge in [0.1, 0.15) is 12.4 Å². The minimum Gasteiger partial charge on any atom is -0.489 e. The summed E-state index contributed by atoms with van der Waals surface area (Å²) in [6, 6.07) is 10.5. The summed E-state index contributed by atoms with van der Waals surface area (Å²) < 4.78 is 5.45. The second kappa shape index (κ2) is 4.86. The molecule has 0 aliphatic heterocycles. The maximum Gasteiger partial charge on any atom is 0.251 e. The molecule has 4 heteroatoms. The Bertz CT molecular complexity index is 536. The molecule has 0 bridgehead atoms. The van der Waals surface area contributed by atoms with Crippen LogP contribution in [0.4, 0.5) is 0 Å². The molecule has 0 radical (unpaired) electrons. The molecule has 0 aliphatic rings. The van der Waals surface area contributed by atoms with Crippen molar-refractivity contribution in [3.63, 3.8) is 0 Å². The van der Waals surface area contributed by atoms with Crippen LogP contribution in [0.3, 0.4) is 0 Å². The Kier molecular flexibility index (Phi) is 3.27. The molecule has 0 saturated heterocycles. The molecule has 2 aromatic rings. The summed E-state index contributed by atoms with van der Waals surface area (Å²) in [5.41, 5.74) is 0.709. The van der Waals surface area contributed by atoms with E-state index in [2.05, 4.69) is 4.98 Å². The molecule has 2 rings (SSSR count). The third-order valence-electron chi connectivity index (χ3n) is 2.10. The average Bonchev–Trinajstić information content (AvgIpc) is 2.28. The number of aromatic nitrogens is 1. The fourth-order valence-electron chi connectivity index (χ4n) is 1.29. The summed E-state index contributed by atoms with van der Waals surface area (Å²) in [4.78, 5) is 13.5. The lowest BCUT2D eigenvalue weighted by molar-refractivity contribution is 0.305. The van der Waals surface area contributed by atoms with Crippen molar-refractivity contribution in [2.75, 3.05) is 0 Å². The fraction of sp³-hybridized carbons (Fsp3) is 0.0833. The average molecular weight is 236 g/mol. The van der Waals surface area contributed by atoms with Crippen LogP contribution in [-0.2, 0) is 6.61 Å². The number of halogens is 1. The molecule has 0 fully saturated rings. The van der Waals surface area contributed by atoms with Gasteiger partial charge in [-0.25, -0.2) is 0 Å². The van der Waals surface area contributed by atoms with Gasteiger partial charge in [-0.05, 0) is 12.1 Å². The number of benzene rings is 1. The standard InChI is InChI=1S/C12H10ClNO2/c13-11-4-2-1-3-9(11)8-16-10-5-6-14-12(15)7-10/h1-7H,8H2,(H,14,15). The van der Waals surface area contributed by atoms with Crippen LogP contribution in [-0.4, -0.2) is 4.98 Å². The van der Waals surface area contributed by atoms with Crippen LogP contribution >= 0.6 is 11.6 Å². The van der Waals surface area contributed by atoms with Gasteiger partial charge in [0.15, 0.2) is 0 Å². The SMILES string of the molecule is O=c1cc(OCc2ccccc2Cl)cc[nH]1. The molecule has 16 heavy (non-hydrogen) atoms. The molecule has 0 spiro atoms. The van der Waals surface area contributed by atoms with Gasteiger partial charge < -0.3 is 9.72 Å². The first-order valence-electron chi connectivity index (χ1n) is 4.80. The Hall–Kier alpha value is -1.74. The smallest absolute Gasteiger partial charge is 0.251 e. The van der Waals surface area contributed by atoms with Crippen LogP contribution in [0.5, 0.6) is 5.75 Å². The number of hydrogen-bond acceptors (Lipinski definition) is 2. The number of hydrogen-bond donors (Lipinski definition) is 1. The van der Waals surface area contributed by atoms with E-state index in [0.717, 1.165) is 5.56 Å². The second-order valence-corrected chi connectivity index (χ2v) is 3.68. The number of nitrogens with one attached hydrogen (secondary N) is 1. The van der Waals surface area contributed by atoms with Crippen molar-refractivity contribution in [2.45, 2.75) is 6.61 Å². The van der Waals surface area contributed by atoms with Crippen molar-refractivity contribution in [2.24, 2.45) is 0 Å². The lowest BCUT2D eigenvalue weighted by Gasteiger charge is -2.06. The molecule has 0 saturated carbocycles. The van der Waals surface area contributed by atoms with Crippen molar-refractivity contribution < 1.29 is 4.74 Å². The number of ether oxygens (including phenoxy) is 1. The third kappa shape index (κ3) is 2.64. The number of H-pyrrole nitrogens is 1. The molecule has 1 aromatic heterocycles. The number of rotatable bonds is 3. The minimum absolute atomic E-state index is 0.184. The van der Waals surface area contributed by atoms with E-state index in [-0.39, 0.29) is 5.56 Å². The first-order valence-corrected chi connectivity index (χ1v) is 5.18. The molecular weight excluding hydrogens is 226 g/mol. The molecule has 82 valence electrons. The zero-order valence-electron chi connectivity index (χ0n) is 8.44. The molecule has 0 atom stereocenters. The maximum absolute atomic E-state index is 11.0. The minimum atomic E-state index is -0.184. The molecule has 3 nitrogen and oxygen atoms in total. The summed E-state index contributed by atoms with van der Waals surface area (Å²) in [6.45, 7) is 0.350. The lowest BCUT2D eigenvalue weighted by atomic mass is 10.2. The van der Waals surface area contributed by atoms with E-state index in [4.69, 9.17) is 16.3 Å². The van der Waals surface area contributed by atoms with E-state index in [9.17, 15) is 4.79 Å². The highest BCUT2D eigenvalue weighted by Crippen LogP contribution is 2.17. The Morgan fingerprint density at radius 3 is 2.81 bits per heavy atom. The van der Waals surface area contributed by atoms with Gasteiger partial charge in [0, 0.05) is 22.8 Å². The third-order valence-corrected chi connectivity index (χ3v) is 2.47. The van der Waals surface area contributed by atoms with E-state index in [1.54, 1.807) is 18.3 Å². The van der Waals surface area contributed by atoms with Crippen LogP contribution in [0.15, 0.2) is 47.4 Å². The van der Waals surface area contributed by atoms with Crippen molar-refractivity contribution >= 4 is 11.6 Å². The fourth-order valence-corrected chi connectivity index (χ4v) is 1.48.